The number of nitrogens with one attached hydrogen (secondary N) is 1. The van der Waals surface area contributed by atoms with Crippen LogP contribution in [0.4, 0.5) is 0 Å². The van der Waals surface area contributed by atoms with Crippen LogP contribution in [-0.4, -0.2) is 13.1 Å². The summed E-state index contributed by atoms with van der Waals surface area (Å²) in [5.74, 6) is 1.98. The molecular weight excluding hydrogens is 182 g/mol. The van der Waals surface area contributed by atoms with E-state index in [0.29, 0.717) is 0 Å². The van der Waals surface area contributed by atoms with Gasteiger partial charge < -0.3 is 5.32 Å². The molecule has 1 fully saturated rings. The van der Waals surface area contributed by atoms with Crippen LogP contribution in [0.3, 0.4) is 0 Å². The Morgan fingerprint density at radius 3 is 2.20 bits per heavy atom. The molecule has 1 heteroatoms. The van der Waals surface area contributed by atoms with Gasteiger partial charge in [-0.15, -0.1) is 0 Å². The minimum Gasteiger partial charge on any atom is -0.317 e. The van der Waals surface area contributed by atoms with Crippen LogP contribution in [0.15, 0.2) is 0 Å². The summed E-state index contributed by atoms with van der Waals surface area (Å²) in [6, 6.07) is 0.756. The van der Waals surface area contributed by atoms with E-state index in [2.05, 4.69) is 26.2 Å². The Kier molecular flexibility index (Phi) is 6.31. The summed E-state index contributed by atoms with van der Waals surface area (Å²) in [7, 11) is 2.11. The monoisotopic (exact) mass is 211 g/mol. The van der Waals surface area contributed by atoms with Gasteiger partial charge in [0.2, 0.25) is 0 Å². The lowest BCUT2D eigenvalue weighted by Crippen LogP contribution is -2.27. The Labute approximate surface area is 96.0 Å². The van der Waals surface area contributed by atoms with E-state index >= 15 is 0 Å². The Hall–Kier alpha value is -0.0400. The largest absolute Gasteiger partial charge is 0.317 e. The molecular formula is C14H29N. The van der Waals surface area contributed by atoms with Gasteiger partial charge in [-0.2, -0.15) is 0 Å². The molecule has 1 unspecified atom stereocenters. The molecule has 0 aliphatic heterocycles. The molecule has 1 aliphatic carbocycles. The van der Waals surface area contributed by atoms with Gasteiger partial charge in [0.05, 0.1) is 0 Å². The SMILES string of the molecule is CCC(CC1CCCC(C)CCC1)NC. The molecule has 0 amide bonds. The van der Waals surface area contributed by atoms with Crippen molar-refractivity contribution >= 4 is 0 Å². The van der Waals surface area contributed by atoms with Crippen LogP contribution in [0.25, 0.3) is 0 Å². The average Bonchev–Trinajstić information content (AvgIpc) is 2.21. The van der Waals surface area contributed by atoms with Gasteiger partial charge in [0.1, 0.15) is 0 Å². The molecule has 1 atom stereocenters. The number of hydrogen-bond acceptors (Lipinski definition) is 1. The summed E-state index contributed by atoms with van der Waals surface area (Å²) < 4.78 is 0. The fraction of sp³-hybridized carbons (Fsp3) is 1.00. The van der Waals surface area contributed by atoms with Crippen LogP contribution in [-0.2, 0) is 0 Å². The topological polar surface area (TPSA) is 12.0 Å². The zero-order chi connectivity index (χ0) is 11.1. The second kappa shape index (κ2) is 7.27. The number of hydrogen-bond donors (Lipinski definition) is 1. The minimum absolute atomic E-state index is 0.756. The smallest absolute Gasteiger partial charge is 0.00640 e. The highest BCUT2D eigenvalue weighted by molar-refractivity contribution is 4.72. The van der Waals surface area contributed by atoms with E-state index in [-0.39, 0.29) is 0 Å². The third-order valence-corrected chi connectivity index (χ3v) is 4.14. The van der Waals surface area contributed by atoms with Crippen LogP contribution in [0.1, 0.15) is 65.2 Å². The molecule has 90 valence electrons. The van der Waals surface area contributed by atoms with Gasteiger partial charge in [0.15, 0.2) is 0 Å². The van der Waals surface area contributed by atoms with Gasteiger partial charge in [-0.05, 0) is 31.7 Å². The third-order valence-electron chi connectivity index (χ3n) is 4.14. The first-order valence-electron chi connectivity index (χ1n) is 6.93. The summed E-state index contributed by atoms with van der Waals surface area (Å²) >= 11 is 0. The van der Waals surface area contributed by atoms with Crippen molar-refractivity contribution in [1.29, 1.82) is 0 Å². The zero-order valence-corrected chi connectivity index (χ0v) is 10.9. The van der Waals surface area contributed by atoms with E-state index < -0.39 is 0 Å². The van der Waals surface area contributed by atoms with E-state index in [1.807, 2.05) is 0 Å². The first-order chi connectivity index (χ1) is 7.26. The van der Waals surface area contributed by atoms with E-state index in [1.165, 1.54) is 51.4 Å². The maximum absolute atomic E-state index is 3.44. The highest BCUT2D eigenvalue weighted by atomic mass is 14.9. The molecule has 0 heterocycles. The Balaban J connectivity index is 2.28. The van der Waals surface area contributed by atoms with Crippen LogP contribution >= 0.6 is 0 Å². The van der Waals surface area contributed by atoms with Crippen LogP contribution < -0.4 is 5.32 Å². The zero-order valence-electron chi connectivity index (χ0n) is 10.9. The van der Waals surface area contributed by atoms with Crippen LogP contribution in [0.2, 0.25) is 0 Å². The summed E-state index contributed by atoms with van der Waals surface area (Å²) in [5, 5.41) is 3.44. The minimum atomic E-state index is 0.756. The Morgan fingerprint density at radius 1 is 1.13 bits per heavy atom. The molecule has 1 saturated carbocycles. The molecule has 0 saturated heterocycles. The van der Waals surface area contributed by atoms with E-state index in [1.54, 1.807) is 0 Å². The average molecular weight is 211 g/mol. The van der Waals surface area contributed by atoms with E-state index in [4.69, 9.17) is 0 Å². The van der Waals surface area contributed by atoms with Crippen molar-refractivity contribution in [3.63, 3.8) is 0 Å². The lowest BCUT2D eigenvalue weighted by atomic mass is 9.83. The standard InChI is InChI=1S/C14H29N/c1-4-14(15-3)11-13-9-5-7-12(2)8-6-10-13/h12-15H,4-11H2,1-3H3. The molecule has 0 aromatic rings. The summed E-state index contributed by atoms with van der Waals surface area (Å²) in [6.07, 6.45) is 11.5. The lowest BCUT2D eigenvalue weighted by Gasteiger charge is -2.25. The second-order valence-corrected chi connectivity index (χ2v) is 5.46. The van der Waals surface area contributed by atoms with E-state index in [9.17, 15) is 0 Å². The molecule has 15 heavy (non-hydrogen) atoms. The normalized spacial score (nSPS) is 30.6. The predicted molar refractivity (Wildman–Crippen MR) is 68.1 cm³/mol. The molecule has 0 aromatic heterocycles. The quantitative estimate of drug-likeness (QED) is 0.741. The Morgan fingerprint density at radius 2 is 1.73 bits per heavy atom. The molecule has 0 radical (unpaired) electrons. The van der Waals surface area contributed by atoms with Gasteiger partial charge in [-0.25, -0.2) is 0 Å². The first-order valence-corrected chi connectivity index (χ1v) is 6.93. The lowest BCUT2D eigenvalue weighted by molar-refractivity contribution is 0.291. The maximum Gasteiger partial charge on any atom is 0.00640 e. The van der Waals surface area contributed by atoms with Crippen molar-refractivity contribution < 1.29 is 0 Å². The fourth-order valence-electron chi connectivity index (χ4n) is 2.93. The van der Waals surface area contributed by atoms with Gasteiger partial charge in [-0.3, -0.25) is 0 Å². The van der Waals surface area contributed by atoms with Gasteiger partial charge in [-0.1, -0.05) is 52.4 Å². The summed E-state index contributed by atoms with van der Waals surface area (Å²) in [5.41, 5.74) is 0. The predicted octanol–water partition coefficient (Wildman–Crippen LogP) is 3.98. The third kappa shape index (κ3) is 5.01. The molecule has 1 aliphatic rings. The highest BCUT2D eigenvalue weighted by Gasteiger charge is 2.17. The van der Waals surface area contributed by atoms with Gasteiger partial charge >= 0.3 is 0 Å². The summed E-state index contributed by atoms with van der Waals surface area (Å²) in [4.78, 5) is 0. The van der Waals surface area contributed by atoms with Gasteiger partial charge in [0.25, 0.3) is 0 Å². The van der Waals surface area contributed by atoms with Crippen molar-refractivity contribution in [2.75, 3.05) is 7.05 Å². The summed E-state index contributed by atoms with van der Waals surface area (Å²) in [6.45, 7) is 4.72. The van der Waals surface area contributed by atoms with Crippen LogP contribution in [0, 0.1) is 11.8 Å². The van der Waals surface area contributed by atoms with E-state index in [0.717, 1.165) is 17.9 Å². The first kappa shape index (κ1) is 13.0. The molecule has 1 N–H and O–H groups in total. The fourth-order valence-corrected chi connectivity index (χ4v) is 2.93. The van der Waals surface area contributed by atoms with Crippen molar-refractivity contribution in [3.8, 4) is 0 Å². The highest BCUT2D eigenvalue weighted by Crippen LogP contribution is 2.28. The molecule has 0 spiro atoms. The molecule has 1 nitrogen and oxygen atoms in total. The molecule has 0 aromatic carbocycles. The number of rotatable bonds is 4. The second-order valence-electron chi connectivity index (χ2n) is 5.46. The van der Waals surface area contributed by atoms with Gasteiger partial charge in [0, 0.05) is 6.04 Å². The van der Waals surface area contributed by atoms with Crippen LogP contribution in [0.5, 0.6) is 0 Å². The molecule has 1 rings (SSSR count). The van der Waals surface area contributed by atoms with Crippen molar-refractivity contribution in [1.82, 2.24) is 5.32 Å². The van der Waals surface area contributed by atoms with Crippen molar-refractivity contribution in [3.05, 3.63) is 0 Å². The Bertz CT molecular complexity index is 141. The van der Waals surface area contributed by atoms with Crippen molar-refractivity contribution in [2.24, 2.45) is 11.8 Å². The van der Waals surface area contributed by atoms with Crippen molar-refractivity contribution in [2.45, 2.75) is 71.3 Å². The molecule has 0 bridgehead atoms. The maximum atomic E-state index is 3.44.